The van der Waals surface area contributed by atoms with Crippen molar-refractivity contribution in [2.75, 3.05) is 4.90 Å². The van der Waals surface area contributed by atoms with E-state index in [9.17, 15) is 19.7 Å². The van der Waals surface area contributed by atoms with Crippen LogP contribution in [0.3, 0.4) is 0 Å². The Kier molecular flexibility index (Phi) is 3.55. The topological polar surface area (TPSA) is 80.5 Å². The molecule has 7 heteroatoms. The fourth-order valence-corrected chi connectivity index (χ4v) is 6.13. The Morgan fingerprint density at radius 3 is 1.97 bits per heavy atom. The summed E-state index contributed by atoms with van der Waals surface area (Å²) < 4.78 is 0. The first-order chi connectivity index (χ1) is 15.0. The fourth-order valence-electron chi connectivity index (χ4n) is 5.91. The molecule has 2 atom stereocenters. The van der Waals surface area contributed by atoms with E-state index in [0.717, 1.165) is 16.0 Å². The van der Waals surface area contributed by atoms with Gasteiger partial charge in [0.1, 0.15) is 5.92 Å². The van der Waals surface area contributed by atoms with Crippen LogP contribution in [0.2, 0.25) is 5.02 Å². The van der Waals surface area contributed by atoms with Crippen LogP contribution in [-0.4, -0.2) is 16.7 Å². The van der Waals surface area contributed by atoms with Crippen molar-refractivity contribution in [1.29, 1.82) is 0 Å². The minimum atomic E-state index is -1.82. The molecule has 0 N–H and O–H groups in total. The molecule has 4 aliphatic rings. The van der Waals surface area contributed by atoms with E-state index >= 15 is 0 Å². The Morgan fingerprint density at radius 2 is 1.39 bits per heavy atom. The minimum Gasteiger partial charge on any atom is -0.274 e. The first-order valence-corrected chi connectivity index (χ1v) is 10.3. The lowest BCUT2D eigenvalue weighted by molar-refractivity contribution is -0.578. The monoisotopic (exact) mass is 430 g/mol. The van der Waals surface area contributed by atoms with E-state index in [0.29, 0.717) is 11.1 Å². The van der Waals surface area contributed by atoms with Crippen molar-refractivity contribution in [2.24, 2.45) is 11.8 Å². The summed E-state index contributed by atoms with van der Waals surface area (Å²) in [5.41, 5.74) is 0.899. The number of nitro groups is 1. The molecule has 152 valence electrons. The van der Waals surface area contributed by atoms with Crippen molar-refractivity contribution in [1.82, 2.24) is 0 Å². The summed E-state index contributed by atoms with van der Waals surface area (Å²) in [4.78, 5) is 41.0. The number of benzene rings is 3. The van der Waals surface area contributed by atoms with Crippen molar-refractivity contribution >= 4 is 29.1 Å². The van der Waals surface area contributed by atoms with Crippen LogP contribution in [0.15, 0.2) is 72.8 Å². The molecule has 2 bridgehead atoms. The molecule has 0 radical (unpaired) electrons. The van der Waals surface area contributed by atoms with Crippen LogP contribution < -0.4 is 4.90 Å². The summed E-state index contributed by atoms with van der Waals surface area (Å²) in [6, 6.07) is 20.8. The van der Waals surface area contributed by atoms with Gasteiger partial charge in [-0.1, -0.05) is 72.3 Å². The Labute approximate surface area is 182 Å². The van der Waals surface area contributed by atoms with Gasteiger partial charge in [-0.3, -0.25) is 19.7 Å². The van der Waals surface area contributed by atoms with Gasteiger partial charge in [0.05, 0.1) is 16.6 Å². The molecule has 3 aromatic carbocycles. The van der Waals surface area contributed by atoms with Gasteiger partial charge in [-0.25, -0.2) is 4.90 Å². The number of rotatable bonds is 2. The van der Waals surface area contributed by atoms with Crippen molar-refractivity contribution in [3.63, 3.8) is 0 Å². The molecular formula is C24H15ClN2O4. The van der Waals surface area contributed by atoms with E-state index in [-0.39, 0.29) is 15.6 Å². The van der Waals surface area contributed by atoms with Gasteiger partial charge in [-0.2, -0.15) is 0 Å². The molecule has 3 aromatic rings. The zero-order valence-electron chi connectivity index (χ0n) is 16.1. The number of carbonyl (C=O) groups is 2. The molecule has 0 spiro atoms. The molecule has 0 saturated carbocycles. The van der Waals surface area contributed by atoms with Crippen molar-refractivity contribution in [2.45, 2.75) is 11.5 Å². The third kappa shape index (κ3) is 1.98. The van der Waals surface area contributed by atoms with Gasteiger partial charge in [0.2, 0.25) is 11.8 Å². The maximum Gasteiger partial charge on any atom is 0.285 e. The Hall–Kier alpha value is -3.51. The lowest BCUT2D eigenvalue weighted by Gasteiger charge is -2.48. The quantitative estimate of drug-likeness (QED) is 0.348. The second-order valence-corrected chi connectivity index (χ2v) is 8.55. The van der Waals surface area contributed by atoms with Gasteiger partial charge in [0.15, 0.2) is 0 Å². The van der Waals surface area contributed by atoms with Gasteiger partial charge < -0.3 is 0 Å². The van der Waals surface area contributed by atoms with Crippen LogP contribution in [0.5, 0.6) is 0 Å². The third-order valence-electron chi connectivity index (χ3n) is 6.95. The molecule has 6 nitrogen and oxygen atoms in total. The molecule has 1 heterocycles. The number of nitrogens with zero attached hydrogens (tertiary/aromatic N) is 2. The second-order valence-electron chi connectivity index (χ2n) is 8.14. The number of anilines is 1. The lowest BCUT2D eigenvalue weighted by Crippen LogP contribution is -2.57. The standard InChI is InChI=1S/C24H15ClN2O4/c25-17-11-5-6-12-18(17)26-22(28)20-19-13-7-1-3-9-15(13)24(27(30)31,21(20)23(26)29)16-10-4-2-8-14(16)19/h1-12,19-21H/t19?,20-,21+,24?/m1/s1. The second kappa shape index (κ2) is 6.02. The van der Waals surface area contributed by atoms with Crippen molar-refractivity contribution in [3.05, 3.63) is 110 Å². The third-order valence-corrected chi connectivity index (χ3v) is 7.27. The van der Waals surface area contributed by atoms with Crippen LogP contribution >= 0.6 is 11.6 Å². The highest BCUT2D eigenvalue weighted by molar-refractivity contribution is 6.36. The maximum atomic E-state index is 13.8. The van der Waals surface area contributed by atoms with E-state index in [1.807, 2.05) is 24.3 Å². The van der Waals surface area contributed by atoms with Gasteiger partial charge in [-0.15, -0.1) is 0 Å². The largest absolute Gasteiger partial charge is 0.285 e. The zero-order chi connectivity index (χ0) is 21.5. The molecule has 1 aliphatic heterocycles. The normalized spacial score (nSPS) is 27.6. The number of para-hydroxylation sites is 1. The van der Waals surface area contributed by atoms with Crippen LogP contribution in [0.1, 0.15) is 28.2 Å². The summed E-state index contributed by atoms with van der Waals surface area (Å²) in [5.74, 6) is -3.44. The Morgan fingerprint density at radius 1 is 0.839 bits per heavy atom. The van der Waals surface area contributed by atoms with E-state index in [4.69, 9.17) is 11.6 Å². The number of imide groups is 1. The highest BCUT2D eigenvalue weighted by Gasteiger charge is 2.74. The SMILES string of the molecule is O=C1[C@@H]2C3c4ccccc4C([N+](=O)[O-])(c4ccccc43)[C@@H]2C(=O)N1c1ccccc1Cl. The van der Waals surface area contributed by atoms with E-state index < -0.39 is 35.1 Å². The van der Waals surface area contributed by atoms with Gasteiger partial charge in [0.25, 0.3) is 5.54 Å². The molecule has 0 unspecified atom stereocenters. The molecule has 1 fully saturated rings. The molecule has 31 heavy (non-hydrogen) atoms. The van der Waals surface area contributed by atoms with E-state index in [2.05, 4.69) is 0 Å². The smallest absolute Gasteiger partial charge is 0.274 e. The molecule has 2 amide bonds. The summed E-state index contributed by atoms with van der Waals surface area (Å²) in [6.45, 7) is 0. The molecule has 0 aromatic heterocycles. The van der Waals surface area contributed by atoms with Crippen molar-refractivity contribution in [3.8, 4) is 0 Å². The lowest BCUT2D eigenvalue weighted by atomic mass is 9.51. The predicted octanol–water partition coefficient (Wildman–Crippen LogP) is 4.13. The number of hydrogen-bond donors (Lipinski definition) is 0. The van der Waals surface area contributed by atoms with Crippen molar-refractivity contribution < 1.29 is 14.5 Å². The summed E-state index contributed by atoms with van der Waals surface area (Å²) in [6.07, 6.45) is 0. The van der Waals surface area contributed by atoms with Gasteiger partial charge in [-0.05, 0) is 23.3 Å². The number of hydrogen-bond acceptors (Lipinski definition) is 4. The number of amides is 2. The first-order valence-electron chi connectivity index (χ1n) is 9.95. The molecule has 7 rings (SSSR count). The fraction of sp³-hybridized carbons (Fsp3) is 0.167. The maximum absolute atomic E-state index is 13.8. The average molecular weight is 431 g/mol. The molecular weight excluding hydrogens is 416 g/mol. The van der Waals surface area contributed by atoms with Crippen LogP contribution in [0, 0.1) is 22.0 Å². The summed E-state index contributed by atoms with van der Waals surface area (Å²) in [7, 11) is 0. The predicted molar refractivity (Wildman–Crippen MR) is 113 cm³/mol. The molecule has 3 aliphatic carbocycles. The number of carbonyl (C=O) groups excluding carboxylic acids is 2. The molecule has 1 saturated heterocycles. The first kappa shape index (κ1) is 18.3. The zero-order valence-corrected chi connectivity index (χ0v) is 16.8. The van der Waals surface area contributed by atoms with Crippen LogP contribution in [-0.2, 0) is 15.1 Å². The minimum absolute atomic E-state index is 0.250. The summed E-state index contributed by atoms with van der Waals surface area (Å²) in [5, 5.41) is 13.1. The summed E-state index contributed by atoms with van der Waals surface area (Å²) >= 11 is 6.32. The van der Waals surface area contributed by atoms with Gasteiger partial charge >= 0.3 is 0 Å². The number of halogens is 1. The average Bonchev–Trinajstić information content (AvgIpc) is 3.05. The highest BCUT2D eigenvalue weighted by atomic mass is 35.5. The van der Waals surface area contributed by atoms with E-state index in [1.165, 1.54) is 0 Å². The van der Waals surface area contributed by atoms with Crippen LogP contribution in [0.25, 0.3) is 0 Å². The van der Waals surface area contributed by atoms with E-state index in [1.54, 1.807) is 48.5 Å². The van der Waals surface area contributed by atoms with Crippen LogP contribution in [0.4, 0.5) is 5.69 Å². The van der Waals surface area contributed by atoms with Gasteiger partial charge in [0, 0.05) is 22.0 Å². The highest BCUT2D eigenvalue weighted by Crippen LogP contribution is 2.64. The Bertz CT molecular complexity index is 1270. The Balaban J connectivity index is 1.69.